The van der Waals surface area contributed by atoms with Crippen molar-refractivity contribution in [2.45, 2.75) is 43.9 Å². The van der Waals surface area contributed by atoms with Crippen molar-refractivity contribution < 1.29 is 0 Å². The lowest BCUT2D eigenvalue weighted by atomic mass is 9.85. The van der Waals surface area contributed by atoms with E-state index in [0.29, 0.717) is 11.3 Å². The maximum atomic E-state index is 4.67. The standard InChI is InChI=1S/C12H21BrN2S/c1-9-5-3-4-6-11(9)15(2)12-14-8-10(7-13)16-12/h9-11H,3-8H2,1-2H3. The van der Waals surface area contributed by atoms with Gasteiger partial charge < -0.3 is 4.90 Å². The maximum absolute atomic E-state index is 4.67. The highest BCUT2D eigenvalue weighted by Crippen LogP contribution is 2.32. The van der Waals surface area contributed by atoms with Gasteiger partial charge in [-0.2, -0.15) is 0 Å². The predicted octanol–water partition coefficient (Wildman–Crippen LogP) is 3.36. The van der Waals surface area contributed by atoms with E-state index in [2.05, 4.69) is 39.8 Å². The number of rotatable bonds is 2. The predicted molar refractivity (Wildman–Crippen MR) is 76.7 cm³/mol. The molecule has 1 aliphatic carbocycles. The van der Waals surface area contributed by atoms with Gasteiger partial charge in [0.25, 0.3) is 0 Å². The first-order valence-corrected chi connectivity index (χ1v) is 8.22. The molecule has 4 heteroatoms. The Morgan fingerprint density at radius 2 is 2.19 bits per heavy atom. The summed E-state index contributed by atoms with van der Waals surface area (Å²) in [7, 11) is 2.23. The first-order chi connectivity index (χ1) is 7.72. The minimum absolute atomic E-state index is 0.649. The molecule has 0 amide bonds. The molecule has 92 valence electrons. The Bertz CT molecular complexity index is 270. The molecule has 2 aliphatic rings. The lowest BCUT2D eigenvalue weighted by Crippen LogP contribution is -2.41. The van der Waals surface area contributed by atoms with Crippen molar-refractivity contribution in [3.63, 3.8) is 0 Å². The van der Waals surface area contributed by atoms with Crippen molar-refractivity contribution in [1.82, 2.24) is 4.90 Å². The van der Waals surface area contributed by atoms with E-state index in [-0.39, 0.29) is 0 Å². The van der Waals surface area contributed by atoms with Gasteiger partial charge >= 0.3 is 0 Å². The molecular formula is C12H21BrN2S. The number of halogens is 1. The average Bonchev–Trinajstić information content (AvgIpc) is 2.77. The number of amidine groups is 1. The van der Waals surface area contributed by atoms with E-state index in [1.165, 1.54) is 30.9 Å². The highest BCUT2D eigenvalue weighted by atomic mass is 79.9. The van der Waals surface area contributed by atoms with E-state index in [4.69, 9.17) is 0 Å². The Kier molecular flexibility index (Phi) is 4.59. The Morgan fingerprint density at radius 3 is 2.81 bits per heavy atom. The van der Waals surface area contributed by atoms with Crippen LogP contribution in [-0.4, -0.2) is 40.3 Å². The van der Waals surface area contributed by atoms with Gasteiger partial charge in [0.15, 0.2) is 5.17 Å². The normalized spacial score (nSPS) is 34.9. The summed E-state index contributed by atoms with van der Waals surface area (Å²) in [4.78, 5) is 7.11. The first-order valence-electron chi connectivity index (χ1n) is 6.22. The van der Waals surface area contributed by atoms with E-state index in [0.717, 1.165) is 17.8 Å². The zero-order valence-electron chi connectivity index (χ0n) is 10.2. The largest absolute Gasteiger partial charge is 0.351 e. The second-order valence-corrected chi connectivity index (χ2v) is 6.87. The van der Waals surface area contributed by atoms with Crippen molar-refractivity contribution >= 4 is 32.9 Å². The van der Waals surface area contributed by atoms with Gasteiger partial charge in [0.2, 0.25) is 0 Å². The quantitative estimate of drug-likeness (QED) is 0.727. The van der Waals surface area contributed by atoms with Crippen LogP contribution in [0.3, 0.4) is 0 Å². The number of hydrogen-bond donors (Lipinski definition) is 0. The number of thioether (sulfide) groups is 1. The molecule has 0 aromatic carbocycles. The summed E-state index contributed by atoms with van der Waals surface area (Å²) in [6.45, 7) is 3.37. The van der Waals surface area contributed by atoms with Crippen LogP contribution in [0.2, 0.25) is 0 Å². The van der Waals surface area contributed by atoms with E-state index in [9.17, 15) is 0 Å². The topological polar surface area (TPSA) is 15.6 Å². The lowest BCUT2D eigenvalue weighted by Gasteiger charge is -2.37. The number of alkyl halides is 1. The van der Waals surface area contributed by atoms with Gasteiger partial charge in [0.05, 0.1) is 6.54 Å². The second kappa shape index (κ2) is 5.76. The van der Waals surface area contributed by atoms with Crippen LogP contribution < -0.4 is 0 Å². The van der Waals surface area contributed by atoms with Crippen LogP contribution in [0.15, 0.2) is 4.99 Å². The van der Waals surface area contributed by atoms with Crippen molar-refractivity contribution in [3.05, 3.63) is 0 Å². The molecular weight excluding hydrogens is 284 g/mol. The molecule has 2 rings (SSSR count). The molecule has 3 atom stereocenters. The molecule has 0 saturated heterocycles. The fourth-order valence-corrected chi connectivity index (χ4v) is 4.25. The Morgan fingerprint density at radius 1 is 1.44 bits per heavy atom. The van der Waals surface area contributed by atoms with Crippen LogP contribution in [-0.2, 0) is 0 Å². The van der Waals surface area contributed by atoms with Gasteiger partial charge in [0, 0.05) is 23.7 Å². The third-order valence-electron chi connectivity index (χ3n) is 3.74. The van der Waals surface area contributed by atoms with Gasteiger partial charge in [-0.05, 0) is 18.8 Å². The summed E-state index contributed by atoms with van der Waals surface area (Å²) >= 11 is 5.49. The molecule has 0 aromatic rings. The van der Waals surface area contributed by atoms with Crippen molar-refractivity contribution in [2.75, 3.05) is 18.9 Å². The molecule has 0 radical (unpaired) electrons. The third kappa shape index (κ3) is 2.76. The summed E-state index contributed by atoms with van der Waals surface area (Å²) in [5.74, 6) is 0.824. The summed E-state index contributed by atoms with van der Waals surface area (Å²) < 4.78 is 0. The summed E-state index contributed by atoms with van der Waals surface area (Å²) in [5, 5.41) is 2.97. The van der Waals surface area contributed by atoms with E-state index in [1.54, 1.807) is 0 Å². The summed E-state index contributed by atoms with van der Waals surface area (Å²) in [6, 6.07) is 0.717. The van der Waals surface area contributed by atoms with Crippen LogP contribution in [0.1, 0.15) is 32.6 Å². The first kappa shape index (κ1) is 12.7. The van der Waals surface area contributed by atoms with Crippen molar-refractivity contribution in [2.24, 2.45) is 10.9 Å². The molecule has 1 heterocycles. The molecule has 16 heavy (non-hydrogen) atoms. The van der Waals surface area contributed by atoms with Crippen molar-refractivity contribution in [3.8, 4) is 0 Å². The second-order valence-electron chi connectivity index (χ2n) is 4.96. The van der Waals surface area contributed by atoms with Crippen LogP contribution in [0, 0.1) is 5.92 Å². The molecule has 0 spiro atoms. The van der Waals surface area contributed by atoms with Crippen LogP contribution >= 0.6 is 27.7 Å². The molecule has 2 nitrogen and oxygen atoms in total. The zero-order valence-corrected chi connectivity index (χ0v) is 12.6. The monoisotopic (exact) mass is 304 g/mol. The zero-order chi connectivity index (χ0) is 11.5. The molecule has 1 aliphatic heterocycles. The van der Waals surface area contributed by atoms with Crippen LogP contribution in [0.4, 0.5) is 0 Å². The SMILES string of the molecule is CC1CCCCC1N(C)C1=NCC(CBr)S1. The molecule has 3 unspecified atom stereocenters. The lowest BCUT2D eigenvalue weighted by molar-refractivity contribution is 0.208. The maximum Gasteiger partial charge on any atom is 0.159 e. The molecule has 1 saturated carbocycles. The van der Waals surface area contributed by atoms with Gasteiger partial charge in [-0.1, -0.05) is 47.5 Å². The Balaban J connectivity index is 1.94. The van der Waals surface area contributed by atoms with Crippen molar-refractivity contribution in [1.29, 1.82) is 0 Å². The van der Waals surface area contributed by atoms with Gasteiger partial charge in [-0.3, -0.25) is 4.99 Å². The van der Waals surface area contributed by atoms with E-state index in [1.807, 2.05) is 11.8 Å². The van der Waals surface area contributed by atoms with E-state index >= 15 is 0 Å². The average molecular weight is 305 g/mol. The molecule has 0 aromatic heterocycles. The fourth-order valence-electron chi connectivity index (χ4n) is 2.69. The highest BCUT2D eigenvalue weighted by molar-refractivity contribution is 9.09. The number of nitrogens with zero attached hydrogens (tertiary/aromatic N) is 2. The van der Waals surface area contributed by atoms with Gasteiger partial charge in [-0.25, -0.2) is 0 Å². The smallest absolute Gasteiger partial charge is 0.159 e. The molecule has 0 N–H and O–H groups in total. The number of hydrogen-bond acceptors (Lipinski definition) is 3. The van der Waals surface area contributed by atoms with Gasteiger partial charge in [0.1, 0.15) is 0 Å². The Hall–Kier alpha value is 0.300. The summed E-state index contributed by atoms with van der Waals surface area (Å²) in [5.41, 5.74) is 0. The van der Waals surface area contributed by atoms with Gasteiger partial charge in [-0.15, -0.1) is 0 Å². The molecule has 1 fully saturated rings. The Labute approximate surface area is 111 Å². The summed E-state index contributed by atoms with van der Waals surface area (Å²) in [6.07, 6.45) is 5.53. The minimum Gasteiger partial charge on any atom is -0.351 e. The molecule has 0 bridgehead atoms. The third-order valence-corrected chi connectivity index (χ3v) is 6.23. The fraction of sp³-hybridized carbons (Fsp3) is 0.917. The highest BCUT2D eigenvalue weighted by Gasteiger charge is 2.30. The van der Waals surface area contributed by atoms with Crippen LogP contribution in [0.25, 0.3) is 0 Å². The minimum atomic E-state index is 0.649. The van der Waals surface area contributed by atoms with E-state index < -0.39 is 0 Å². The van der Waals surface area contributed by atoms with Crippen LogP contribution in [0.5, 0.6) is 0 Å². The number of aliphatic imine (C=N–C) groups is 1.